The van der Waals surface area contributed by atoms with E-state index < -0.39 is 10.7 Å². The van der Waals surface area contributed by atoms with Crippen LogP contribution < -0.4 is 29.6 Å². The van der Waals surface area contributed by atoms with E-state index in [0.29, 0.717) is 0 Å². The van der Waals surface area contributed by atoms with Crippen molar-refractivity contribution in [2.75, 3.05) is 5.75 Å². The third kappa shape index (κ3) is 8.87. The zero-order valence-corrected chi connectivity index (χ0v) is 6.46. The van der Waals surface area contributed by atoms with Crippen LogP contribution in [0.5, 0.6) is 0 Å². The van der Waals surface area contributed by atoms with Gasteiger partial charge < -0.3 is 8.42 Å². The van der Waals surface area contributed by atoms with E-state index in [1.54, 1.807) is 0 Å². The molecule has 4 heteroatoms. The van der Waals surface area contributed by atoms with Gasteiger partial charge >= 0.3 is 29.6 Å². The van der Waals surface area contributed by atoms with Crippen LogP contribution in [0.15, 0.2) is 0 Å². The monoisotopic (exact) mass is 115 g/mol. The first kappa shape index (κ1) is 10.0. The first-order valence-corrected chi connectivity index (χ1v) is 2.37. The molecule has 0 amide bonds. The fourth-order valence-corrected chi connectivity index (χ4v) is 0. The van der Waals surface area contributed by atoms with Crippen molar-refractivity contribution in [2.45, 2.75) is 0 Å². The molecule has 31 valence electrons. The molecule has 0 aromatic carbocycles. The molecular formula is C2H4NaO2S. The van der Waals surface area contributed by atoms with E-state index in [-0.39, 0.29) is 35.3 Å². The summed E-state index contributed by atoms with van der Waals surface area (Å²) in [6.07, 6.45) is 0. The van der Waals surface area contributed by atoms with Gasteiger partial charge in [-0.05, 0) is 0 Å². The van der Waals surface area contributed by atoms with E-state index in [0.717, 1.165) is 0 Å². The van der Waals surface area contributed by atoms with Crippen LogP contribution in [0, 0.1) is 6.92 Å². The Morgan fingerprint density at radius 1 is 1.50 bits per heavy atom. The van der Waals surface area contributed by atoms with E-state index in [1.165, 1.54) is 0 Å². The van der Waals surface area contributed by atoms with E-state index >= 15 is 0 Å². The summed E-state index contributed by atoms with van der Waals surface area (Å²) in [6, 6.07) is 0. The van der Waals surface area contributed by atoms with Crippen molar-refractivity contribution in [3.05, 3.63) is 6.92 Å². The van der Waals surface area contributed by atoms with E-state index in [2.05, 4.69) is 6.92 Å². The zero-order valence-electron chi connectivity index (χ0n) is 3.64. The molecule has 0 bridgehead atoms. The van der Waals surface area contributed by atoms with Gasteiger partial charge in [0.15, 0.2) is 0 Å². The maximum atomic E-state index is 9.31. The van der Waals surface area contributed by atoms with Crippen molar-refractivity contribution in [1.82, 2.24) is 0 Å². The summed E-state index contributed by atoms with van der Waals surface area (Å²) >= 11 is 0. The molecule has 0 aromatic rings. The van der Waals surface area contributed by atoms with Crippen LogP contribution in [-0.2, 0) is 19.1 Å². The van der Waals surface area contributed by atoms with E-state index in [1.807, 2.05) is 0 Å². The molecule has 0 rings (SSSR count). The number of hydrogen-bond acceptors (Lipinski definition) is 3. The van der Waals surface area contributed by atoms with Gasteiger partial charge in [0.2, 0.25) is 0 Å². The Kier molecular flexibility index (Phi) is 9.96. The van der Waals surface area contributed by atoms with Crippen LogP contribution in [0.1, 0.15) is 0 Å². The Bertz CT molecular complexity index is 69.6. The summed E-state index contributed by atoms with van der Waals surface area (Å²) in [6.45, 7) is 3.07. The van der Waals surface area contributed by atoms with E-state index in [4.69, 9.17) is 0 Å². The molecule has 0 aromatic heterocycles. The van der Waals surface area contributed by atoms with Crippen molar-refractivity contribution in [1.29, 1.82) is 0 Å². The second-order valence-corrected chi connectivity index (χ2v) is 1.52. The molecule has 6 heavy (non-hydrogen) atoms. The van der Waals surface area contributed by atoms with Crippen molar-refractivity contribution < 1.29 is 38.0 Å². The minimum atomic E-state index is -1.93. The molecule has 0 heterocycles. The first-order chi connectivity index (χ1) is 2.27. The van der Waals surface area contributed by atoms with Crippen molar-refractivity contribution >= 4 is 10.7 Å². The average Bonchev–Trinajstić information content (AvgIpc) is 1.38. The summed E-state index contributed by atoms with van der Waals surface area (Å²) in [5, 5.41) is 0. The molecule has 0 saturated carbocycles. The van der Waals surface area contributed by atoms with Gasteiger partial charge in [-0.25, -0.2) is 0 Å². The summed E-state index contributed by atoms with van der Waals surface area (Å²) < 4.78 is 18.6. The Morgan fingerprint density at radius 2 is 1.67 bits per heavy atom. The Labute approximate surface area is 61.2 Å². The molecule has 0 spiro atoms. The van der Waals surface area contributed by atoms with Crippen LogP contribution >= 0.6 is 0 Å². The third-order valence-electron chi connectivity index (χ3n) is 0.167. The fraction of sp³-hybridized carbons (Fsp3) is 0.500. The zero-order chi connectivity index (χ0) is 4.28. The first-order valence-electron chi connectivity index (χ1n) is 1.12. The summed E-state index contributed by atoms with van der Waals surface area (Å²) in [5.74, 6) is -0.0278. The molecule has 0 N–H and O–H groups in total. The van der Waals surface area contributed by atoms with Gasteiger partial charge in [0.1, 0.15) is 0 Å². The number of hydrogen-bond donors (Lipinski definition) is 0. The van der Waals surface area contributed by atoms with Crippen molar-refractivity contribution in [2.24, 2.45) is 0 Å². The normalized spacial score (nSPS) is 7.67. The summed E-state index contributed by atoms with van der Waals surface area (Å²) in [5.41, 5.74) is 0. The van der Waals surface area contributed by atoms with Crippen LogP contribution in [-0.4, -0.2) is 5.75 Å². The topological polar surface area (TPSA) is 34.1 Å². The van der Waals surface area contributed by atoms with Gasteiger partial charge in [0.25, 0.3) is 0 Å². The van der Waals surface area contributed by atoms with Crippen LogP contribution in [0.25, 0.3) is 0 Å². The second kappa shape index (κ2) is 5.95. The fourth-order valence-electron chi connectivity index (χ4n) is 0. The maximum absolute atomic E-state index is 9.31. The van der Waals surface area contributed by atoms with Crippen molar-refractivity contribution in [3.63, 3.8) is 0 Å². The maximum Gasteiger partial charge on any atom is 1.00 e. The summed E-state index contributed by atoms with van der Waals surface area (Å²) in [7, 11) is -1.93. The second-order valence-electron chi connectivity index (χ2n) is 0.508. The number of rotatable bonds is 1. The van der Waals surface area contributed by atoms with Gasteiger partial charge in [0, 0.05) is 0 Å². The van der Waals surface area contributed by atoms with Gasteiger partial charge in [-0.2, -0.15) is 0 Å². The van der Waals surface area contributed by atoms with Crippen LogP contribution in [0.2, 0.25) is 0 Å². The van der Waals surface area contributed by atoms with Gasteiger partial charge in [0.05, 0.1) is 0 Å². The molecule has 0 saturated heterocycles. The molecule has 0 unspecified atom stereocenters. The van der Waals surface area contributed by atoms with E-state index in [9.17, 15) is 8.42 Å². The minimum absolute atomic E-state index is 0. The van der Waals surface area contributed by atoms with Gasteiger partial charge in [-0.3, -0.25) is 0 Å². The van der Waals surface area contributed by atoms with Gasteiger partial charge in [-0.15, -0.1) is 0 Å². The molecule has 0 aliphatic rings. The van der Waals surface area contributed by atoms with Crippen LogP contribution in [0.3, 0.4) is 0 Å². The predicted octanol–water partition coefficient (Wildman–Crippen LogP) is -2.87. The third-order valence-corrected chi connectivity index (χ3v) is 0.500. The average molecular weight is 115 g/mol. The predicted molar refractivity (Wildman–Crippen MR) is 19.0 cm³/mol. The Balaban J connectivity index is 0. The Hall–Kier alpha value is 0.950. The van der Waals surface area contributed by atoms with Gasteiger partial charge in [-0.1, -0.05) is 23.4 Å². The molecule has 0 aliphatic carbocycles. The molecule has 0 aliphatic heterocycles. The van der Waals surface area contributed by atoms with Crippen LogP contribution in [0.4, 0.5) is 0 Å². The SMILES string of the molecule is [CH2]C[S-](=O)=O.[Na+]. The summed E-state index contributed by atoms with van der Waals surface area (Å²) in [4.78, 5) is 0. The smallest absolute Gasteiger partial charge is 0.424 e. The Morgan fingerprint density at radius 3 is 1.67 bits per heavy atom. The molecular weight excluding hydrogens is 111 g/mol. The standard InChI is InChI=1S/C2H4O2S.Na/c1-2-5(3)4;/h1-2H2;/q-1;+1. The quantitative estimate of drug-likeness (QED) is 0.272. The largest absolute Gasteiger partial charge is 1.00 e. The molecule has 0 atom stereocenters. The minimum Gasteiger partial charge on any atom is -0.424 e. The molecule has 2 nitrogen and oxygen atoms in total. The molecule has 1 radical (unpaired) electrons. The van der Waals surface area contributed by atoms with Crippen molar-refractivity contribution in [3.8, 4) is 0 Å². The molecule has 0 fully saturated rings.